The smallest absolute Gasteiger partial charge is 0.341 e. The largest absolute Gasteiger partial charge is 0.477 e. The number of nitrogens with zero attached hydrogens (tertiary/aromatic N) is 4. The number of carboxylic acids is 1. The number of aromatic nitrogens is 3. The van der Waals surface area contributed by atoms with Gasteiger partial charge in [-0.3, -0.25) is 0 Å². The highest BCUT2D eigenvalue weighted by molar-refractivity contribution is 6.36. The zero-order valence-electron chi connectivity index (χ0n) is 15.4. The fourth-order valence-corrected chi connectivity index (χ4v) is 3.19. The molecule has 0 aliphatic carbocycles. The summed E-state index contributed by atoms with van der Waals surface area (Å²) in [5.74, 6) is -0.376. The van der Waals surface area contributed by atoms with Crippen molar-refractivity contribution in [3.05, 3.63) is 51.6 Å². The average molecular weight is 418 g/mol. The lowest BCUT2D eigenvalue weighted by Gasteiger charge is -2.22. The molecule has 144 valence electrons. The first-order chi connectivity index (χ1) is 13.2. The second-order valence-electron chi connectivity index (χ2n) is 6.68. The van der Waals surface area contributed by atoms with Gasteiger partial charge in [0.2, 0.25) is 0 Å². The van der Waals surface area contributed by atoms with Crippen molar-refractivity contribution < 1.29 is 9.90 Å². The first kappa shape index (κ1) is 19.9. The van der Waals surface area contributed by atoms with Gasteiger partial charge in [-0.15, -0.1) is 0 Å². The van der Waals surface area contributed by atoms with Gasteiger partial charge < -0.3 is 10.4 Å². The number of nitrogens with one attached hydrogen (secondary N) is 1. The van der Waals surface area contributed by atoms with Gasteiger partial charge in [-0.2, -0.15) is 9.61 Å². The molecule has 2 N–H and O–H groups in total. The summed E-state index contributed by atoms with van der Waals surface area (Å²) in [5.41, 5.74) is 1.54. The monoisotopic (exact) mass is 417 g/mol. The minimum atomic E-state index is -1.14. The van der Waals surface area contributed by atoms with E-state index < -0.39 is 5.97 Å². The summed E-state index contributed by atoms with van der Waals surface area (Å²) in [5, 5.41) is 17.4. The Morgan fingerprint density at radius 1 is 1.32 bits per heavy atom. The van der Waals surface area contributed by atoms with Gasteiger partial charge in [0.25, 0.3) is 0 Å². The maximum Gasteiger partial charge on any atom is 0.341 e. The predicted octanol–water partition coefficient (Wildman–Crippen LogP) is 5.41. The van der Waals surface area contributed by atoms with E-state index in [9.17, 15) is 9.90 Å². The quantitative estimate of drug-likeness (QED) is 0.428. The van der Waals surface area contributed by atoms with Crippen molar-refractivity contribution in [2.75, 3.05) is 5.32 Å². The molecule has 0 radical (unpaired) electrons. The van der Waals surface area contributed by atoms with E-state index in [1.807, 2.05) is 6.92 Å². The van der Waals surface area contributed by atoms with Crippen LogP contribution in [0.3, 0.4) is 0 Å². The molecule has 0 saturated carbocycles. The lowest BCUT2D eigenvalue weighted by atomic mass is 10.0. The molecule has 1 atom stereocenters. The van der Waals surface area contributed by atoms with Gasteiger partial charge in [0.15, 0.2) is 11.3 Å². The summed E-state index contributed by atoms with van der Waals surface area (Å²) < 4.78 is 1.42. The molecule has 28 heavy (non-hydrogen) atoms. The van der Waals surface area contributed by atoms with Gasteiger partial charge in [-0.05, 0) is 18.9 Å². The van der Waals surface area contributed by atoms with Crippen LogP contribution in [0, 0.1) is 12.5 Å². The van der Waals surface area contributed by atoms with E-state index in [4.69, 9.17) is 29.8 Å². The molecule has 0 aliphatic rings. The summed E-state index contributed by atoms with van der Waals surface area (Å²) in [4.78, 5) is 19.1. The third-order valence-electron chi connectivity index (χ3n) is 4.55. The van der Waals surface area contributed by atoms with Gasteiger partial charge in [-0.1, -0.05) is 49.2 Å². The van der Waals surface area contributed by atoms with Gasteiger partial charge >= 0.3 is 5.97 Å². The lowest BCUT2D eigenvalue weighted by Crippen LogP contribution is -2.24. The number of hydrogen-bond acceptors (Lipinski definition) is 4. The lowest BCUT2D eigenvalue weighted by molar-refractivity contribution is 0.0699. The Kier molecular flexibility index (Phi) is 5.45. The Labute approximate surface area is 171 Å². The zero-order valence-corrected chi connectivity index (χ0v) is 16.9. The van der Waals surface area contributed by atoms with E-state index in [2.05, 4.69) is 34.1 Å². The molecule has 2 aromatic heterocycles. The fourth-order valence-electron chi connectivity index (χ4n) is 2.65. The predicted molar refractivity (Wildman–Crippen MR) is 110 cm³/mol. The molecular formula is C19H17Cl2N5O2. The standard InChI is InChI=1S/C19H17Cl2N5O2/c1-9(2)10(3)24-18-15(12-6-5-11(22-4)7-14(12)20)16(21)25-17-13(19(27)28)8-23-26(17)18/h5-10,24H,1-3H3,(H,27,28)/t10-/m1/s1. The van der Waals surface area contributed by atoms with E-state index in [1.54, 1.807) is 18.2 Å². The van der Waals surface area contributed by atoms with Crippen LogP contribution in [0.1, 0.15) is 31.1 Å². The zero-order chi connectivity index (χ0) is 20.6. The van der Waals surface area contributed by atoms with Crippen LogP contribution < -0.4 is 5.32 Å². The van der Waals surface area contributed by atoms with Crippen LogP contribution in [0.4, 0.5) is 11.5 Å². The summed E-state index contributed by atoms with van der Waals surface area (Å²) in [6, 6.07) is 4.90. The molecule has 1 aromatic carbocycles. The van der Waals surface area contributed by atoms with E-state index >= 15 is 0 Å². The average Bonchev–Trinajstić information content (AvgIpc) is 3.06. The number of carbonyl (C=O) groups is 1. The first-order valence-corrected chi connectivity index (χ1v) is 9.24. The van der Waals surface area contributed by atoms with Crippen molar-refractivity contribution in [3.63, 3.8) is 0 Å². The molecule has 3 aromatic rings. The Balaban J connectivity index is 2.34. The second kappa shape index (κ2) is 7.66. The Morgan fingerprint density at radius 3 is 2.61 bits per heavy atom. The molecule has 7 nitrogen and oxygen atoms in total. The number of hydrogen-bond donors (Lipinski definition) is 2. The number of carboxylic acid groups (broad SMARTS) is 1. The SMILES string of the molecule is [C-]#[N+]c1ccc(-c2c(Cl)nc3c(C(=O)O)cnn3c2N[C@H](C)C(C)C)c(Cl)c1. The molecule has 0 spiro atoms. The van der Waals surface area contributed by atoms with Crippen molar-refractivity contribution in [1.29, 1.82) is 0 Å². The normalized spacial score (nSPS) is 12.2. The van der Waals surface area contributed by atoms with Crippen LogP contribution in [0.5, 0.6) is 0 Å². The third kappa shape index (κ3) is 3.49. The molecule has 0 aliphatic heterocycles. The minimum absolute atomic E-state index is 0.0270. The number of aromatic carboxylic acids is 1. The van der Waals surface area contributed by atoms with Gasteiger partial charge in [-0.25, -0.2) is 14.6 Å². The minimum Gasteiger partial charge on any atom is -0.477 e. The van der Waals surface area contributed by atoms with E-state index in [-0.39, 0.29) is 28.3 Å². The number of rotatable bonds is 5. The van der Waals surface area contributed by atoms with Crippen molar-refractivity contribution in [3.8, 4) is 11.1 Å². The van der Waals surface area contributed by atoms with E-state index in [0.717, 1.165) is 0 Å². The number of anilines is 1. The van der Waals surface area contributed by atoms with Crippen molar-refractivity contribution in [2.45, 2.75) is 26.8 Å². The Morgan fingerprint density at radius 2 is 2.04 bits per heavy atom. The number of benzene rings is 1. The first-order valence-electron chi connectivity index (χ1n) is 8.49. The van der Waals surface area contributed by atoms with Gasteiger partial charge in [0, 0.05) is 16.6 Å². The highest BCUT2D eigenvalue weighted by atomic mass is 35.5. The maximum atomic E-state index is 11.5. The van der Waals surface area contributed by atoms with Crippen LogP contribution in [0.25, 0.3) is 21.6 Å². The topological polar surface area (TPSA) is 83.9 Å². The Bertz CT molecular complexity index is 1120. The van der Waals surface area contributed by atoms with Gasteiger partial charge in [0.05, 0.1) is 18.3 Å². The van der Waals surface area contributed by atoms with Crippen LogP contribution in [0.2, 0.25) is 10.2 Å². The van der Waals surface area contributed by atoms with Crippen LogP contribution in [-0.4, -0.2) is 31.7 Å². The molecule has 3 rings (SSSR count). The summed E-state index contributed by atoms with van der Waals surface area (Å²) >= 11 is 12.9. The molecule has 0 fully saturated rings. The summed E-state index contributed by atoms with van der Waals surface area (Å²) in [6.07, 6.45) is 1.24. The van der Waals surface area contributed by atoms with Crippen molar-refractivity contribution >= 4 is 46.3 Å². The van der Waals surface area contributed by atoms with Crippen LogP contribution in [-0.2, 0) is 0 Å². The molecular weight excluding hydrogens is 401 g/mol. The summed E-state index contributed by atoms with van der Waals surface area (Å²) in [6.45, 7) is 13.2. The van der Waals surface area contributed by atoms with Crippen molar-refractivity contribution in [2.24, 2.45) is 5.92 Å². The van der Waals surface area contributed by atoms with Crippen LogP contribution >= 0.6 is 23.2 Å². The maximum absolute atomic E-state index is 11.5. The molecule has 9 heteroatoms. The van der Waals surface area contributed by atoms with Gasteiger partial charge in [0.1, 0.15) is 16.5 Å². The highest BCUT2D eigenvalue weighted by Crippen LogP contribution is 2.40. The fraction of sp³-hybridized carbons (Fsp3) is 0.263. The van der Waals surface area contributed by atoms with E-state index in [0.29, 0.717) is 27.7 Å². The molecule has 0 amide bonds. The second-order valence-corrected chi connectivity index (χ2v) is 7.44. The Hall–Kier alpha value is -2.82. The van der Waals surface area contributed by atoms with E-state index in [1.165, 1.54) is 10.7 Å². The summed E-state index contributed by atoms with van der Waals surface area (Å²) in [7, 11) is 0. The third-order valence-corrected chi connectivity index (χ3v) is 5.13. The molecule has 0 saturated heterocycles. The number of halogens is 2. The molecule has 0 unspecified atom stereocenters. The van der Waals surface area contributed by atoms with Crippen molar-refractivity contribution in [1.82, 2.24) is 14.6 Å². The molecule has 0 bridgehead atoms. The highest BCUT2D eigenvalue weighted by Gasteiger charge is 2.24. The van der Waals surface area contributed by atoms with Crippen LogP contribution in [0.15, 0.2) is 24.4 Å². The molecule has 2 heterocycles. The number of fused-ring (bicyclic) bond motifs is 1.